The first-order chi connectivity index (χ1) is 51.3. The van der Waals surface area contributed by atoms with E-state index in [0.717, 1.165) is 116 Å². The van der Waals surface area contributed by atoms with Crippen LogP contribution in [0.25, 0.3) is 67.3 Å². The molecule has 0 saturated heterocycles. The molecule has 0 amide bonds. The van der Waals surface area contributed by atoms with E-state index in [1.165, 1.54) is 11.1 Å². The minimum Gasteiger partial charge on any atom is -0.423 e. The fourth-order valence-electron chi connectivity index (χ4n) is 12.5. The molecule has 0 aliphatic rings. The van der Waals surface area contributed by atoms with Crippen molar-refractivity contribution in [3.05, 3.63) is 421 Å². The van der Waals surface area contributed by atoms with Crippen LogP contribution in [0.15, 0.2) is 421 Å². The van der Waals surface area contributed by atoms with Crippen molar-refractivity contribution >= 4 is 118 Å². The average molecular weight is 1480 g/mol. The molecule has 104 heavy (non-hydrogen) atoms. The van der Waals surface area contributed by atoms with Gasteiger partial charge in [0, 0.05) is 82.6 Å². The smallest absolute Gasteiger partial charge is 0.423 e. The zero-order valence-electron chi connectivity index (χ0n) is 56.6. The van der Waals surface area contributed by atoms with Gasteiger partial charge in [-0.3, -0.25) is 9.13 Å². The van der Waals surface area contributed by atoms with E-state index in [-0.39, 0.29) is 0 Å². The van der Waals surface area contributed by atoms with Gasteiger partial charge in [0.25, 0.3) is 0 Å². The summed E-state index contributed by atoms with van der Waals surface area (Å²) in [6.07, 6.45) is 0. The highest BCUT2D eigenvalue weighted by Crippen LogP contribution is 2.39. The quantitative estimate of drug-likeness (QED) is 0.0989. The molecule has 12 heteroatoms. The van der Waals surface area contributed by atoms with Gasteiger partial charge in [-0.15, -0.1) is 0 Å². The maximum Gasteiger partial charge on any atom is 0.488 e. The van der Waals surface area contributed by atoms with E-state index >= 15 is 0 Å². The molecular weight excluding hydrogens is 1410 g/mol. The van der Waals surface area contributed by atoms with Gasteiger partial charge in [0.1, 0.15) is 11.6 Å². The maximum absolute atomic E-state index is 9.23. The maximum atomic E-state index is 9.23. The minimum atomic E-state index is -1.45. The highest BCUT2D eigenvalue weighted by molar-refractivity contribution is 9.10. The number of nitrogens with zero attached hydrogens (tertiary/aromatic N) is 7. The van der Waals surface area contributed by atoms with Crippen LogP contribution in [0.1, 0.15) is 0 Å². The van der Waals surface area contributed by atoms with E-state index in [1.54, 1.807) is 12.1 Å². The van der Waals surface area contributed by atoms with Crippen molar-refractivity contribution in [1.82, 2.24) is 19.1 Å². The first-order valence-electron chi connectivity index (χ1n) is 34.2. The van der Waals surface area contributed by atoms with Crippen molar-refractivity contribution in [2.45, 2.75) is 0 Å². The molecule has 502 valence electrons. The standard InChI is InChI=1S/C37H27N3.C19H13BrN2.C18H16BNO2.C18H14BrN/c1-4-12-31(13-5-1)39(32-14-6-2-7-15-32)34-26-24-29(25-27-34)28-20-22-30(23-21-28)37-38-35-18-10-11-19-36(35)40(37)33-16-8-3-9-17-33;20-15-12-10-14(11-13-15)19-21-17-8-4-5-9-18(17)22(19)16-6-2-1-3-7-16;21-19(22)15-11-13-18(14-12-15)20(16-7-3-1-4-8-16)17-9-5-2-6-10-17;19-15-11-13-18(14-12-15)20(16-7-3-1-4-8-16)17-9-5-2-6-10-17/h1-27H;1-13H;1-14,21-22H;1-14H. The number of anilines is 9. The number of hydrogen-bond acceptors (Lipinski definition) is 7. The molecule has 0 saturated carbocycles. The molecule has 0 fully saturated rings. The second-order valence-corrected chi connectivity index (χ2v) is 26.1. The van der Waals surface area contributed by atoms with Gasteiger partial charge in [0.15, 0.2) is 0 Å². The molecule has 2 aromatic heterocycles. The summed E-state index contributed by atoms with van der Waals surface area (Å²) >= 11 is 6.98. The second kappa shape index (κ2) is 33.4. The summed E-state index contributed by atoms with van der Waals surface area (Å²) in [7, 11) is -1.45. The highest BCUT2D eigenvalue weighted by Gasteiger charge is 2.19. The fraction of sp³-hybridized carbons (Fsp3) is 0. The highest BCUT2D eigenvalue weighted by atomic mass is 79.9. The molecule has 9 nitrogen and oxygen atoms in total. The first kappa shape index (κ1) is 68.7. The van der Waals surface area contributed by atoms with Crippen LogP contribution in [0, 0.1) is 0 Å². The van der Waals surface area contributed by atoms with Gasteiger partial charge in [-0.25, -0.2) is 9.97 Å². The number of aromatic nitrogens is 4. The Labute approximate surface area is 623 Å². The fourth-order valence-corrected chi connectivity index (χ4v) is 13.0. The predicted molar refractivity (Wildman–Crippen MR) is 441 cm³/mol. The van der Waals surface area contributed by atoms with Crippen LogP contribution in [0.2, 0.25) is 0 Å². The summed E-state index contributed by atoms with van der Waals surface area (Å²) in [5.74, 6) is 1.90. The summed E-state index contributed by atoms with van der Waals surface area (Å²) in [4.78, 5) is 16.5. The lowest BCUT2D eigenvalue weighted by Crippen LogP contribution is -2.29. The number of halogens is 2. The zero-order chi connectivity index (χ0) is 70.8. The Morgan fingerprint density at radius 3 is 0.760 bits per heavy atom. The van der Waals surface area contributed by atoms with E-state index < -0.39 is 7.12 Å². The molecule has 0 spiro atoms. The predicted octanol–water partition coefficient (Wildman–Crippen LogP) is 24.0. The number of para-hydroxylation sites is 12. The molecule has 0 aliphatic carbocycles. The Kier molecular flexibility index (Phi) is 22.0. The number of imidazole rings is 2. The van der Waals surface area contributed by atoms with Crippen molar-refractivity contribution in [1.29, 1.82) is 0 Å². The van der Waals surface area contributed by atoms with Crippen LogP contribution in [0.3, 0.4) is 0 Å². The summed E-state index contributed by atoms with van der Waals surface area (Å²) in [5.41, 5.74) is 21.3. The van der Waals surface area contributed by atoms with Crippen LogP contribution in [0.4, 0.5) is 51.2 Å². The summed E-state index contributed by atoms with van der Waals surface area (Å²) < 4.78 is 6.60. The average Bonchev–Trinajstić information content (AvgIpc) is 1.63. The Morgan fingerprint density at radius 2 is 0.452 bits per heavy atom. The van der Waals surface area contributed by atoms with Crippen molar-refractivity contribution in [3.8, 4) is 45.3 Å². The normalized spacial score (nSPS) is 10.7. The SMILES string of the molecule is Brc1ccc(-c2nc3ccccc3n2-c2ccccc2)cc1.Brc1ccc(N(c2ccccc2)c2ccccc2)cc1.OB(O)c1ccc(N(c2ccccc2)c2ccccc2)cc1.c1ccc(N(c2ccccc2)c2ccc(-c3ccc(-c4nc5ccccc5n4-c4ccccc4)cc3)cc2)cc1. The number of fused-ring (bicyclic) bond motifs is 2. The van der Waals surface area contributed by atoms with E-state index in [0.29, 0.717) is 5.46 Å². The van der Waals surface area contributed by atoms with Crippen molar-refractivity contribution in [3.63, 3.8) is 0 Å². The van der Waals surface area contributed by atoms with Crippen LogP contribution in [-0.4, -0.2) is 36.3 Å². The third-order valence-corrected chi connectivity index (χ3v) is 18.5. The Bertz CT molecular complexity index is 5380. The molecule has 0 radical (unpaired) electrons. The third-order valence-electron chi connectivity index (χ3n) is 17.5. The Morgan fingerprint density at radius 1 is 0.231 bits per heavy atom. The largest absolute Gasteiger partial charge is 0.488 e. The van der Waals surface area contributed by atoms with Gasteiger partial charge in [-0.1, -0.05) is 262 Å². The third kappa shape index (κ3) is 16.3. The summed E-state index contributed by atoms with van der Waals surface area (Å²) in [6.45, 7) is 0. The van der Waals surface area contributed by atoms with Crippen LogP contribution < -0.4 is 20.2 Å². The lowest BCUT2D eigenvalue weighted by Gasteiger charge is -2.25. The van der Waals surface area contributed by atoms with Crippen LogP contribution >= 0.6 is 31.9 Å². The molecular formula is C92H70BBr2N7O2. The van der Waals surface area contributed by atoms with E-state index in [9.17, 15) is 10.0 Å². The zero-order valence-corrected chi connectivity index (χ0v) is 59.8. The van der Waals surface area contributed by atoms with Gasteiger partial charge < -0.3 is 24.7 Å². The molecule has 17 aromatic rings. The van der Waals surface area contributed by atoms with E-state index in [2.05, 4.69) is 323 Å². The lowest BCUT2D eigenvalue weighted by molar-refractivity contribution is 0.426. The number of rotatable bonds is 15. The first-order valence-corrected chi connectivity index (χ1v) is 35.8. The Hall–Kier alpha value is -12.4. The number of benzene rings is 15. The van der Waals surface area contributed by atoms with Gasteiger partial charge in [0.05, 0.1) is 22.1 Å². The monoisotopic (exact) mass is 1470 g/mol. The minimum absolute atomic E-state index is 0.477. The molecule has 15 aromatic carbocycles. The van der Waals surface area contributed by atoms with Gasteiger partial charge in [-0.2, -0.15) is 0 Å². The molecule has 17 rings (SSSR count). The van der Waals surface area contributed by atoms with Gasteiger partial charge in [0.2, 0.25) is 0 Å². The summed E-state index contributed by atoms with van der Waals surface area (Å²) in [5, 5.41) is 18.5. The van der Waals surface area contributed by atoms with E-state index in [1.807, 2.05) is 133 Å². The molecule has 2 N–H and O–H groups in total. The molecule has 0 atom stereocenters. The van der Waals surface area contributed by atoms with Gasteiger partial charge in [-0.05, 0) is 199 Å². The van der Waals surface area contributed by atoms with E-state index in [4.69, 9.17) is 9.97 Å². The van der Waals surface area contributed by atoms with Gasteiger partial charge >= 0.3 is 7.12 Å². The second-order valence-electron chi connectivity index (χ2n) is 24.3. The Balaban J connectivity index is 0.000000123. The number of hydrogen-bond donors (Lipinski definition) is 2. The van der Waals surface area contributed by atoms with Crippen molar-refractivity contribution in [2.24, 2.45) is 0 Å². The van der Waals surface area contributed by atoms with Crippen molar-refractivity contribution < 1.29 is 10.0 Å². The van der Waals surface area contributed by atoms with Crippen LogP contribution in [-0.2, 0) is 0 Å². The molecule has 0 aliphatic heterocycles. The lowest BCUT2D eigenvalue weighted by atomic mass is 9.80. The van der Waals surface area contributed by atoms with Crippen LogP contribution in [0.5, 0.6) is 0 Å². The topological polar surface area (TPSA) is 85.8 Å². The van der Waals surface area contributed by atoms with Crippen molar-refractivity contribution in [2.75, 3.05) is 14.7 Å². The molecule has 0 unspecified atom stereocenters. The molecule has 0 bridgehead atoms. The summed E-state index contributed by atoms with van der Waals surface area (Å²) in [6, 6.07) is 141. The molecule has 2 heterocycles.